The summed E-state index contributed by atoms with van der Waals surface area (Å²) in [5.41, 5.74) is 4.62. The second-order valence-electron chi connectivity index (χ2n) is 11.3. The molecule has 1 unspecified atom stereocenters. The standard InChI is InChI=1S/C21H23ClFN3O.C16H19ClN2/c1-3-25(4-2)11-12-26-19-10-9-15(22)13-17(19)21(24-14-20(26)27)16-7-5-6-8-18(16)23;1-19(2)12-10-15(16-5-3-4-11-18-16)13-6-8-14(17)9-7-13/h5-10,13H,3-4,11-12,14H2,1-2H3;3-9,11,15H,10,12H2,1-2H3. The van der Waals surface area contributed by atoms with Crippen LogP contribution in [-0.2, 0) is 4.79 Å². The van der Waals surface area contributed by atoms with E-state index in [4.69, 9.17) is 23.2 Å². The molecule has 0 N–H and O–H groups in total. The summed E-state index contributed by atoms with van der Waals surface area (Å²) in [7, 11) is 4.19. The first kappa shape index (κ1) is 35.2. The lowest BCUT2D eigenvalue weighted by Crippen LogP contribution is -2.39. The van der Waals surface area contributed by atoms with Crippen LogP contribution in [0.2, 0.25) is 10.0 Å². The van der Waals surface area contributed by atoms with Crippen LogP contribution in [0.25, 0.3) is 0 Å². The molecular formula is C37H42Cl2FN5O. The molecule has 2 heterocycles. The van der Waals surface area contributed by atoms with Crippen molar-refractivity contribution in [3.8, 4) is 0 Å². The normalized spacial score (nSPS) is 13.5. The molecule has 0 saturated heterocycles. The second-order valence-corrected chi connectivity index (χ2v) is 12.2. The fourth-order valence-corrected chi connectivity index (χ4v) is 5.74. The maximum absolute atomic E-state index is 14.4. The Balaban J connectivity index is 0.000000222. The number of halogens is 3. The SMILES string of the molecule is CCN(CC)CCN1C(=O)CN=C(c2ccccc2F)c2cc(Cl)ccc21.CN(C)CCC(c1ccc(Cl)cc1)c1ccccn1. The van der Waals surface area contributed by atoms with E-state index >= 15 is 0 Å². The van der Waals surface area contributed by atoms with Gasteiger partial charge in [0.1, 0.15) is 12.4 Å². The zero-order chi connectivity index (χ0) is 33.1. The third-order valence-electron chi connectivity index (χ3n) is 8.02. The average molecular weight is 663 g/mol. The number of pyridine rings is 1. The fourth-order valence-electron chi connectivity index (χ4n) is 5.44. The predicted octanol–water partition coefficient (Wildman–Crippen LogP) is 7.82. The molecule has 0 bridgehead atoms. The minimum atomic E-state index is -0.369. The number of aromatic nitrogens is 1. The second kappa shape index (κ2) is 17.3. The number of rotatable bonds is 11. The maximum Gasteiger partial charge on any atom is 0.248 e. The van der Waals surface area contributed by atoms with E-state index in [1.54, 1.807) is 35.2 Å². The molecule has 6 nitrogen and oxygen atoms in total. The largest absolute Gasteiger partial charge is 0.309 e. The Bertz CT molecular complexity index is 1590. The third kappa shape index (κ3) is 9.46. The zero-order valence-electron chi connectivity index (χ0n) is 27.0. The summed E-state index contributed by atoms with van der Waals surface area (Å²) in [6.07, 6.45) is 2.90. The number of hydrogen-bond donors (Lipinski definition) is 0. The Kier molecular flexibility index (Phi) is 13.3. The first-order chi connectivity index (χ1) is 22.2. The Morgan fingerprint density at radius 1 is 0.870 bits per heavy atom. The van der Waals surface area contributed by atoms with Gasteiger partial charge in [-0.15, -0.1) is 0 Å². The number of amides is 1. The molecule has 1 aliphatic rings. The molecule has 5 rings (SSSR count). The van der Waals surface area contributed by atoms with Gasteiger partial charge in [-0.2, -0.15) is 0 Å². The van der Waals surface area contributed by atoms with Gasteiger partial charge in [-0.25, -0.2) is 4.39 Å². The van der Waals surface area contributed by atoms with Gasteiger partial charge >= 0.3 is 0 Å². The Labute approximate surface area is 282 Å². The van der Waals surface area contributed by atoms with Crippen LogP contribution in [0.15, 0.2) is 96.1 Å². The van der Waals surface area contributed by atoms with E-state index in [1.807, 2.05) is 36.5 Å². The van der Waals surface area contributed by atoms with Crippen molar-refractivity contribution >= 4 is 40.5 Å². The molecule has 3 aromatic carbocycles. The Morgan fingerprint density at radius 3 is 2.22 bits per heavy atom. The highest BCUT2D eigenvalue weighted by atomic mass is 35.5. The molecule has 0 spiro atoms. The van der Waals surface area contributed by atoms with Crippen molar-refractivity contribution in [2.24, 2.45) is 4.99 Å². The summed E-state index contributed by atoms with van der Waals surface area (Å²) in [5.74, 6) is -0.149. The molecule has 1 aliphatic heterocycles. The summed E-state index contributed by atoms with van der Waals surface area (Å²) >= 11 is 12.2. The number of fused-ring (bicyclic) bond motifs is 1. The minimum absolute atomic E-state index is 0.0196. The number of nitrogens with zero attached hydrogens (tertiary/aromatic N) is 5. The number of benzodiazepines with no additional fused rings is 1. The van der Waals surface area contributed by atoms with Gasteiger partial charge in [-0.1, -0.05) is 67.4 Å². The molecule has 0 radical (unpaired) electrons. The van der Waals surface area contributed by atoms with Gasteiger partial charge in [0.2, 0.25) is 5.91 Å². The lowest BCUT2D eigenvalue weighted by molar-refractivity contribution is -0.117. The van der Waals surface area contributed by atoms with Gasteiger partial charge in [0.05, 0.1) is 11.4 Å². The molecule has 4 aromatic rings. The summed E-state index contributed by atoms with van der Waals surface area (Å²) in [4.78, 5) is 27.9. The average Bonchev–Trinajstić information content (AvgIpc) is 3.19. The van der Waals surface area contributed by atoms with Crippen molar-refractivity contribution in [2.45, 2.75) is 26.2 Å². The number of carbonyl (C=O) groups is 1. The fraction of sp³-hybridized carbons (Fsp3) is 0.324. The summed E-state index contributed by atoms with van der Waals surface area (Å²) in [6.45, 7) is 8.36. The summed E-state index contributed by atoms with van der Waals surface area (Å²) in [6, 6.07) is 26.0. The van der Waals surface area contributed by atoms with Crippen LogP contribution in [0.3, 0.4) is 0 Å². The van der Waals surface area contributed by atoms with E-state index in [-0.39, 0.29) is 18.3 Å². The number of aliphatic imine (C=N–C) groups is 1. The molecule has 242 valence electrons. The number of hydrogen-bond acceptors (Lipinski definition) is 5. The van der Waals surface area contributed by atoms with Gasteiger partial charge in [0, 0.05) is 52.1 Å². The van der Waals surface area contributed by atoms with Crippen molar-refractivity contribution in [3.63, 3.8) is 0 Å². The van der Waals surface area contributed by atoms with Crippen molar-refractivity contribution in [1.29, 1.82) is 0 Å². The van der Waals surface area contributed by atoms with Crippen LogP contribution in [0.4, 0.5) is 10.1 Å². The van der Waals surface area contributed by atoms with Crippen LogP contribution >= 0.6 is 23.2 Å². The highest BCUT2D eigenvalue weighted by Gasteiger charge is 2.26. The molecule has 46 heavy (non-hydrogen) atoms. The van der Waals surface area contributed by atoms with Crippen molar-refractivity contribution in [3.05, 3.63) is 129 Å². The smallest absolute Gasteiger partial charge is 0.248 e. The highest BCUT2D eigenvalue weighted by Crippen LogP contribution is 2.31. The molecule has 1 aromatic heterocycles. The quantitative estimate of drug-likeness (QED) is 0.164. The van der Waals surface area contributed by atoms with Crippen LogP contribution in [0.1, 0.15) is 48.6 Å². The van der Waals surface area contributed by atoms with Gasteiger partial charge in [-0.3, -0.25) is 14.8 Å². The van der Waals surface area contributed by atoms with E-state index in [2.05, 4.69) is 65.9 Å². The van der Waals surface area contributed by atoms with Crippen LogP contribution in [0.5, 0.6) is 0 Å². The molecule has 0 fully saturated rings. The predicted molar refractivity (Wildman–Crippen MR) is 189 cm³/mol. The van der Waals surface area contributed by atoms with Crippen molar-refractivity contribution in [1.82, 2.24) is 14.8 Å². The van der Waals surface area contributed by atoms with Crippen LogP contribution < -0.4 is 4.90 Å². The van der Waals surface area contributed by atoms with Gasteiger partial charge in [0.25, 0.3) is 0 Å². The zero-order valence-corrected chi connectivity index (χ0v) is 28.5. The Hall–Kier alpha value is -3.62. The van der Waals surface area contributed by atoms with Gasteiger partial charge in [0.15, 0.2) is 0 Å². The molecule has 0 aliphatic carbocycles. The molecule has 1 atom stereocenters. The van der Waals surface area contributed by atoms with E-state index < -0.39 is 0 Å². The van der Waals surface area contributed by atoms with E-state index in [1.165, 1.54) is 11.6 Å². The summed E-state index contributed by atoms with van der Waals surface area (Å²) in [5, 5.41) is 1.30. The van der Waals surface area contributed by atoms with E-state index in [0.717, 1.165) is 49.0 Å². The van der Waals surface area contributed by atoms with E-state index in [9.17, 15) is 9.18 Å². The maximum atomic E-state index is 14.4. The molecular weight excluding hydrogens is 620 g/mol. The lowest BCUT2D eigenvalue weighted by atomic mass is 9.92. The highest BCUT2D eigenvalue weighted by molar-refractivity contribution is 6.32. The minimum Gasteiger partial charge on any atom is -0.309 e. The molecule has 9 heteroatoms. The summed E-state index contributed by atoms with van der Waals surface area (Å²) < 4.78 is 14.4. The molecule has 1 amide bonds. The van der Waals surface area contributed by atoms with Crippen LogP contribution in [0, 0.1) is 5.82 Å². The lowest BCUT2D eigenvalue weighted by Gasteiger charge is -2.27. The third-order valence-corrected chi connectivity index (χ3v) is 8.51. The number of carbonyl (C=O) groups excluding carboxylic acids is 1. The number of likely N-dealkylation sites (N-methyl/N-ethyl adjacent to an activating group) is 1. The number of benzene rings is 3. The van der Waals surface area contributed by atoms with Gasteiger partial charge < -0.3 is 14.7 Å². The first-order valence-corrected chi connectivity index (χ1v) is 16.4. The van der Waals surface area contributed by atoms with Crippen molar-refractivity contribution < 1.29 is 9.18 Å². The monoisotopic (exact) mass is 661 g/mol. The van der Waals surface area contributed by atoms with Crippen molar-refractivity contribution in [2.75, 3.05) is 58.3 Å². The molecule has 0 saturated carbocycles. The van der Waals surface area contributed by atoms with Crippen LogP contribution in [-0.4, -0.2) is 79.8 Å². The van der Waals surface area contributed by atoms with Gasteiger partial charge in [-0.05, 0) is 100 Å². The Morgan fingerprint density at radius 2 is 1.57 bits per heavy atom. The number of anilines is 1. The topological polar surface area (TPSA) is 52.0 Å². The van der Waals surface area contributed by atoms with E-state index in [0.29, 0.717) is 34.3 Å². The first-order valence-electron chi connectivity index (χ1n) is 15.6.